The highest BCUT2D eigenvalue weighted by molar-refractivity contribution is 5.48. The highest BCUT2D eigenvalue weighted by Gasteiger charge is 2.26. The van der Waals surface area contributed by atoms with Crippen LogP contribution in [0.4, 0.5) is 0 Å². The molecule has 0 heterocycles. The molecule has 0 saturated carbocycles. The van der Waals surface area contributed by atoms with Gasteiger partial charge in [0.15, 0.2) is 0 Å². The lowest BCUT2D eigenvalue weighted by molar-refractivity contribution is 0.0580. The number of aryl methyl sites for hydroxylation is 1. The molecular weight excluding hydrogens is 276 g/mol. The highest BCUT2D eigenvalue weighted by Crippen LogP contribution is 2.39. The fraction of sp³-hybridized carbons (Fsp3) is 0.684. The number of hydrogen-bond donors (Lipinski definition) is 2. The number of rotatable bonds is 7. The Kier molecular flexibility index (Phi) is 5.87. The van der Waals surface area contributed by atoms with Crippen LogP contribution in [0.2, 0.25) is 0 Å². The quantitative estimate of drug-likeness (QED) is 0.806. The van der Waals surface area contributed by atoms with Gasteiger partial charge < -0.3 is 14.9 Å². The summed E-state index contributed by atoms with van der Waals surface area (Å²) in [5.74, 6) is 1.73. The molecule has 2 rings (SSSR count). The van der Waals surface area contributed by atoms with Crippen molar-refractivity contribution >= 4 is 0 Å². The molecule has 0 spiro atoms. The molecule has 0 aliphatic heterocycles. The van der Waals surface area contributed by atoms with Gasteiger partial charge in [-0.05, 0) is 55.2 Å². The molecule has 1 aliphatic rings. The minimum absolute atomic E-state index is 0.242. The van der Waals surface area contributed by atoms with Gasteiger partial charge in [0.25, 0.3) is 0 Å². The van der Waals surface area contributed by atoms with Crippen molar-refractivity contribution in [1.29, 1.82) is 0 Å². The van der Waals surface area contributed by atoms with Crippen LogP contribution in [0, 0.1) is 18.8 Å². The van der Waals surface area contributed by atoms with Crippen molar-refractivity contribution in [3.05, 3.63) is 28.8 Å². The maximum atomic E-state index is 10.3. The first kappa shape index (κ1) is 17.3. The van der Waals surface area contributed by atoms with Gasteiger partial charge in [-0.25, -0.2) is 0 Å². The van der Waals surface area contributed by atoms with Gasteiger partial charge >= 0.3 is 0 Å². The molecule has 1 aromatic carbocycles. The first-order chi connectivity index (χ1) is 10.4. The second-order valence-electron chi connectivity index (χ2n) is 7.15. The predicted molar refractivity (Wildman–Crippen MR) is 89.2 cm³/mol. The zero-order valence-electron chi connectivity index (χ0n) is 14.3. The van der Waals surface area contributed by atoms with Crippen LogP contribution in [0.1, 0.15) is 62.8 Å². The summed E-state index contributed by atoms with van der Waals surface area (Å²) in [6.45, 7) is 8.84. The smallest absolute Gasteiger partial charge is 0.123 e. The van der Waals surface area contributed by atoms with Crippen molar-refractivity contribution < 1.29 is 14.9 Å². The molecular formula is C19H30O3. The number of aliphatic hydroxyl groups is 2. The lowest BCUT2D eigenvalue weighted by Crippen LogP contribution is -2.26. The average molecular weight is 306 g/mol. The van der Waals surface area contributed by atoms with Gasteiger partial charge in [0, 0.05) is 5.56 Å². The summed E-state index contributed by atoms with van der Waals surface area (Å²) in [6.07, 6.45) is 2.96. The van der Waals surface area contributed by atoms with E-state index in [2.05, 4.69) is 20.8 Å². The maximum absolute atomic E-state index is 10.3. The monoisotopic (exact) mass is 306 g/mol. The van der Waals surface area contributed by atoms with Gasteiger partial charge in [-0.2, -0.15) is 0 Å². The van der Waals surface area contributed by atoms with E-state index in [1.165, 1.54) is 0 Å². The number of hydrogen-bond acceptors (Lipinski definition) is 3. The number of fused-ring (bicyclic) bond motifs is 1. The molecule has 3 heteroatoms. The van der Waals surface area contributed by atoms with Crippen LogP contribution >= 0.6 is 0 Å². The molecule has 0 radical (unpaired) electrons. The lowest BCUT2D eigenvalue weighted by atomic mass is 9.95. The number of aliphatic hydroxyl groups excluding tert-OH is 2. The first-order valence-corrected chi connectivity index (χ1v) is 8.51. The van der Waals surface area contributed by atoms with E-state index in [0.717, 1.165) is 48.1 Å². The second kappa shape index (κ2) is 7.47. The molecule has 0 saturated heterocycles. The molecule has 22 heavy (non-hydrogen) atoms. The van der Waals surface area contributed by atoms with E-state index in [-0.39, 0.29) is 12.0 Å². The van der Waals surface area contributed by atoms with Crippen molar-refractivity contribution in [2.24, 2.45) is 11.8 Å². The van der Waals surface area contributed by atoms with E-state index in [4.69, 9.17) is 4.74 Å². The van der Waals surface area contributed by atoms with Crippen LogP contribution in [0.5, 0.6) is 5.75 Å². The Bertz CT molecular complexity index is 496. The zero-order chi connectivity index (χ0) is 16.3. The largest absolute Gasteiger partial charge is 0.491 e. The van der Waals surface area contributed by atoms with Gasteiger partial charge in [0.2, 0.25) is 0 Å². The van der Waals surface area contributed by atoms with Crippen LogP contribution < -0.4 is 4.74 Å². The number of benzene rings is 1. The fourth-order valence-electron chi connectivity index (χ4n) is 3.17. The van der Waals surface area contributed by atoms with E-state index in [9.17, 15) is 10.2 Å². The van der Waals surface area contributed by atoms with Crippen LogP contribution in [0.15, 0.2) is 12.1 Å². The zero-order valence-corrected chi connectivity index (χ0v) is 14.3. The van der Waals surface area contributed by atoms with Crippen LogP contribution in [-0.2, 0) is 6.42 Å². The molecule has 124 valence electrons. The summed E-state index contributed by atoms with van der Waals surface area (Å²) in [4.78, 5) is 0. The molecule has 2 N–H and O–H groups in total. The molecule has 3 atom stereocenters. The minimum atomic E-state index is -0.443. The average Bonchev–Trinajstić information content (AvgIpc) is 2.87. The molecule has 0 fully saturated rings. The van der Waals surface area contributed by atoms with Crippen molar-refractivity contribution in [3.63, 3.8) is 0 Å². The molecule has 0 bridgehead atoms. The number of ether oxygens (including phenoxy) is 1. The summed E-state index contributed by atoms with van der Waals surface area (Å²) in [5.41, 5.74) is 3.27. The van der Waals surface area contributed by atoms with Crippen LogP contribution in [0.25, 0.3) is 0 Å². The summed E-state index contributed by atoms with van der Waals surface area (Å²) in [6, 6.07) is 3.97. The summed E-state index contributed by atoms with van der Waals surface area (Å²) in [7, 11) is 0. The molecule has 0 aromatic heterocycles. The standard InChI is InChI=1S/C19H30O3/c1-12(2)5-6-13(3)17(21)11-22-18-10-7-14(4)19-15(18)8-9-16(19)20/h7,10,12-13,16-17,20-21H,5-6,8-9,11H2,1-4H3/t13-,16+,17-/m1/s1. The topological polar surface area (TPSA) is 49.7 Å². The van der Waals surface area contributed by atoms with E-state index >= 15 is 0 Å². The van der Waals surface area contributed by atoms with Crippen molar-refractivity contribution in [2.45, 2.75) is 65.6 Å². The SMILES string of the molecule is Cc1ccc(OC[C@@H](O)[C@H](C)CCC(C)C)c2c1[C@@H](O)CC2. The first-order valence-electron chi connectivity index (χ1n) is 8.51. The third-order valence-corrected chi connectivity index (χ3v) is 4.80. The van der Waals surface area contributed by atoms with E-state index in [1.54, 1.807) is 0 Å². The van der Waals surface area contributed by atoms with E-state index < -0.39 is 6.10 Å². The van der Waals surface area contributed by atoms with Gasteiger partial charge in [-0.15, -0.1) is 0 Å². The molecule has 0 unspecified atom stereocenters. The van der Waals surface area contributed by atoms with Gasteiger partial charge in [0.1, 0.15) is 12.4 Å². The summed E-state index contributed by atoms with van der Waals surface area (Å²) in [5, 5.41) is 20.3. The van der Waals surface area contributed by atoms with Crippen LogP contribution in [0.3, 0.4) is 0 Å². The van der Waals surface area contributed by atoms with E-state index in [0.29, 0.717) is 12.5 Å². The Balaban J connectivity index is 1.95. The summed E-state index contributed by atoms with van der Waals surface area (Å²) < 4.78 is 5.88. The Morgan fingerprint density at radius 3 is 2.64 bits per heavy atom. The Hall–Kier alpha value is -1.06. The van der Waals surface area contributed by atoms with Crippen LogP contribution in [-0.4, -0.2) is 22.9 Å². The normalized spacial score (nSPS) is 20.0. The Morgan fingerprint density at radius 2 is 1.95 bits per heavy atom. The van der Waals surface area contributed by atoms with Crippen molar-refractivity contribution in [1.82, 2.24) is 0 Å². The molecule has 0 amide bonds. The third kappa shape index (κ3) is 4.02. The predicted octanol–water partition coefficient (Wildman–Crippen LogP) is 3.79. The summed E-state index contributed by atoms with van der Waals surface area (Å²) >= 11 is 0. The van der Waals surface area contributed by atoms with Gasteiger partial charge in [0.05, 0.1) is 12.2 Å². The Morgan fingerprint density at radius 1 is 1.23 bits per heavy atom. The van der Waals surface area contributed by atoms with E-state index in [1.807, 2.05) is 19.1 Å². The van der Waals surface area contributed by atoms with Crippen molar-refractivity contribution in [3.8, 4) is 5.75 Å². The second-order valence-corrected chi connectivity index (χ2v) is 7.15. The third-order valence-electron chi connectivity index (χ3n) is 4.80. The lowest BCUT2D eigenvalue weighted by Gasteiger charge is -2.21. The molecule has 3 nitrogen and oxygen atoms in total. The highest BCUT2D eigenvalue weighted by atomic mass is 16.5. The van der Waals surface area contributed by atoms with Gasteiger partial charge in [-0.1, -0.05) is 33.3 Å². The molecule has 1 aliphatic carbocycles. The fourth-order valence-corrected chi connectivity index (χ4v) is 3.17. The minimum Gasteiger partial charge on any atom is -0.491 e. The maximum Gasteiger partial charge on any atom is 0.123 e. The Labute approximate surface area is 134 Å². The molecule has 1 aromatic rings. The van der Waals surface area contributed by atoms with Gasteiger partial charge in [-0.3, -0.25) is 0 Å². The van der Waals surface area contributed by atoms with Crippen molar-refractivity contribution in [2.75, 3.05) is 6.61 Å².